The maximum atomic E-state index is 6.35. The van der Waals surface area contributed by atoms with Crippen LogP contribution in [0.2, 0.25) is 0 Å². The topological polar surface area (TPSA) is 77.6 Å². The molecule has 85 heavy (non-hydrogen) atoms. The fourth-order valence-corrected chi connectivity index (χ4v) is 12.3. The smallest absolute Gasteiger partial charge is 0.227 e. The fraction of sp³-hybridized carbons (Fsp3) is 0.0253. The van der Waals surface area contributed by atoms with Crippen molar-refractivity contribution in [2.45, 2.75) is 13.8 Å². The van der Waals surface area contributed by atoms with Gasteiger partial charge in [0.05, 0.1) is 44.8 Å². The maximum Gasteiger partial charge on any atom is 0.227 e. The van der Waals surface area contributed by atoms with Crippen molar-refractivity contribution in [3.8, 4) is 78.7 Å². The quantitative estimate of drug-likeness (QED) is 0.148. The summed E-state index contributed by atoms with van der Waals surface area (Å²) in [5.74, 6) is 0.654. The highest BCUT2D eigenvalue weighted by atomic mass is 16.3. The van der Waals surface area contributed by atoms with E-state index in [4.69, 9.17) is 29.3 Å². The SMILES string of the molecule is Cc1ccc(-c2ccc3ccc4c(-c5ccc(C)cc5)cc(-c5nc6ccccc6o5)c5ccc2c3c45)cc1.c1ccc(-c2ccc3ccc4ccc(-c5cccc(-c6ccc7ccc8ccc(-c9ccccc9)nc8c7n6)c5)nc4c3n2)cc1. The van der Waals surface area contributed by atoms with Gasteiger partial charge < -0.3 is 4.42 Å². The number of benzene rings is 12. The molecule has 0 radical (unpaired) electrons. The van der Waals surface area contributed by atoms with E-state index in [1.807, 2.05) is 60.7 Å². The molecule has 0 aliphatic heterocycles. The van der Waals surface area contributed by atoms with Crippen LogP contribution in [0.3, 0.4) is 0 Å². The van der Waals surface area contributed by atoms with Crippen molar-refractivity contribution in [1.82, 2.24) is 24.9 Å². The van der Waals surface area contributed by atoms with Crippen LogP contribution in [0, 0.1) is 13.8 Å². The third-order valence-corrected chi connectivity index (χ3v) is 16.7. The van der Waals surface area contributed by atoms with Gasteiger partial charge in [-0.3, -0.25) is 0 Å². The molecule has 0 unspecified atom stereocenters. The molecule has 0 saturated heterocycles. The first-order valence-electron chi connectivity index (χ1n) is 28.8. The molecule has 0 saturated carbocycles. The molecule has 0 N–H and O–H groups in total. The van der Waals surface area contributed by atoms with E-state index in [0.717, 1.165) is 111 Å². The van der Waals surface area contributed by atoms with Crippen molar-refractivity contribution in [3.05, 3.63) is 284 Å². The molecule has 0 fully saturated rings. The van der Waals surface area contributed by atoms with Gasteiger partial charge in [-0.1, -0.05) is 236 Å². The van der Waals surface area contributed by atoms with Gasteiger partial charge in [0.1, 0.15) is 5.52 Å². The highest BCUT2D eigenvalue weighted by molar-refractivity contribution is 6.30. The molecular weight excluding hydrogens is 1030 g/mol. The van der Waals surface area contributed by atoms with E-state index in [1.165, 1.54) is 60.3 Å². The molecule has 6 nitrogen and oxygen atoms in total. The summed E-state index contributed by atoms with van der Waals surface area (Å²) >= 11 is 0. The normalized spacial score (nSPS) is 11.6. The minimum atomic E-state index is 0.654. The average molecular weight is 1090 g/mol. The predicted molar refractivity (Wildman–Crippen MR) is 353 cm³/mol. The summed E-state index contributed by atoms with van der Waals surface area (Å²) in [6.07, 6.45) is 0. The van der Waals surface area contributed by atoms with Crippen LogP contribution in [-0.2, 0) is 0 Å². The Labute approximate surface area is 490 Å². The number of hydrogen-bond donors (Lipinski definition) is 0. The molecule has 5 heterocycles. The second-order valence-corrected chi connectivity index (χ2v) is 22.1. The van der Waals surface area contributed by atoms with Gasteiger partial charge in [-0.15, -0.1) is 0 Å². The van der Waals surface area contributed by atoms with E-state index >= 15 is 0 Å². The minimum Gasteiger partial charge on any atom is -0.436 e. The lowest BCUT2D eigenvalue weighted by Gasteiger charge is -2.18. The summed E-state index contributed by atoms with van der Waals surface area (Å²) in [5, 5.41) is 11.7. The summed E-state index contributed by atoms with van der Waals surface area (Å²) in [4.78, 5) is 25.4. The Hall–Kier alpha value is -11.2. The molecule has 398 valence electrons. The van der Waals surface area contributed by atoms with Gasteiger partial charge in [-0.2, -0.15) is 0 Å². The number of fused-ring (bicyclic) bond motifs is 7. The van der Waals surface area contributed by atoms with Crippen molar-refractivity contribution in [2.24, 2.45) is 0 Å². The van der Waals surface area contributed by atoms with Crippen LogP contribution in [0.25, 0.3) is 166 Å². The van der Waals surface area contributed by atoms with Gasteiger partial charge in [0.15, 0.2) is 5.58 Å². The molecule has 17 rings (SSSR count). The monoisotopic (exact) mass is 1090 g/mol. The fourth-order valence-electron chi connectivity index (χ4n) is 12.3. The van der Waals surface area contributed by atoms with Gasteiger partial charge in [0.2, 0.25) is 5.89 Å². The molecule has 6 heteroatoms. The molecule has 17 aromatic rings. The van der Waals surface area contributed by atoms with Crippen LogP contribution in [0.15, 0.2) is 277 Å². The van der Waals surface area contributed by atoms with Crippen LogP contribution in [0.4, 0.5) is 0 Å². The number of hydrogen-bond acceptors (Lipinski definition) is 6. The number of para-hydroxylation sites is 2. The number of aromatic nitrogens is 5. The van der Waals surface area contributed by atoms with Crippen LogP contribution >= 0.6 is 0 Å². The summed E-state index contributed by atoms with van der Waals surface area (Å²) in [7, 11) is 0. The van der Waals surface area contributed by atoms with Gasteiger partial charge in [0.25, 0.3) is 0 Å². The Kier molecular flexibility index (Phi) is 11.9. The maximum absolute atomic E-state index is 6.35. The molecule has 0 atom stereocenters. The van der Waals surface area contributed by atoms with Crippen LogP contribution in [0.1, 0.15) is 11.1 Å². The first-order valence-corrected chi connectivity index (χ1v) is 28.8. The van der Waals surface area contributed by atoms with E-state index in [-0.39, 0.29) is 0 Å². The zero-order valence-electron chi connectivity index (χ0n) is 46.6. The Morgan fingerprint density at radius 2 is 0.659 bits per heavy atom. The molecule has 0 spiro atoms. The lowest BCUT2D eigenvalue weighted by Crippen LogP contribution is -1.92. The Morgan fingerprint density at radius 3 is 1.18 bits per heavy atom. The van der Waals surface area contributed by atoms with Gasteiger partial charge in [-0.05, 0) is 117 Å². The Bertz CT molecular complexity index is 5210. The Balaban J connectivity index is 0.000000140. The highest BCUT2D eigenvalue weighted by Crippen LogP contribution is 2.46. The van der Waals surface area contributed by atoms with Crippen molar-refractivity contribution in [3.63, 3.8) is 0 Å². The average Bonchev–Trinajstić information content (AvgIpc) is 1.83. The minimum absolute atomic E-state index is 0.654. The van der Waals surface area contributed by atoms with Crippen LogP contribution in [0.5, 0.6) is 0 Å². The standard InChI is InChI=1S/C42H26N4.C37H25NO/c1-3-8-27(9-4-1)35-22-18-29-14-16-31-20-24-37(45-41(31)39(29)43-35)33-12-7-13-34(26-33)38-25-21-32-17-15-30-19-23-36(28-10-5-2-6-11-28)44-40(30)42(32)46-38;1-22-7-11-24(12-8-22)27-17-15-26-16-18-29-31(25-13-9-23(2)10-14-25)21-32(30-20-19-28(27)35(26)36(29)30)37-38-33-5-3-4-6-34(33)39-37/h1-26H;3-21H,1-2H3. The number of pyridine rings is 4. The third-order valence-electron chi connectivity index (χ3n) is 16.7. The first-order chi connectivity index (χ1) is 41.9. The molecule has 0 aliphatic rings. The predicted octanol–water partition coefficient (Wildman–Crippen LogP) is 20.9. The molecule has 0 amide bonds. The first kappa shape index (κ1) is 49.6. The second kappa shape index (κ2) is 20.3. The molecule has 12 aromatic carbocycles. The third kappa shape index (κ3) is 8.87. The van der Waals surface area contributed by atoms with Crippen LogP contribution in [-0.4, -0.2) is 24.9 Å². The summed E-state index contributed by atoms with van der Waals surface area (Å²) < 4.78 is 6.35. The van der Waals surface area contributed by atoms with E-state index in [0.29, 0.717) is 5.89 Å². The molecular formula is C79H51N5O. The largest absolute Gasteiger partial charge is 0.436 e. The molecule has 5 aromatic heterocycles. The van der Waals surface area contributed by atoms with Crippen molar-refractivity contribution >= 4 is 87.0 Å². The lowest BCUT2D eigenvalue weighted by atomic mass is 9.85. The lowest BCUT2D eigenvalue weighted by molar-refractivity contribution is 0.620. The van der Waals surface area contributed by atoms with Crippen LogP contribution < -0.4 is 0 Å². The number of rotatable bonds is 7. The molecule has 0 bridgehead atoms. The van der Waals surface area contributed by atoms with E-state index in [9.17, 15) is 0 Å². The summed E-state index contributed by atoms with van der Waals surface area (Å²) in [6.45, 7) is 4.26. The summed E-state index contributed by atoms with van der Waals surface area (Å²) in [5.41, 5.74) is 21.6. The highest BCUT2D eigenvalue weighted by Gasteiger charge is 2.21. The van der Waals surface area contributed by atoms with Gasteiger partial charge in [-0.25, -0.2) is 24.9 Å². The van der Waals surface area contributed by atoms with E-state index in [1.54, 1.807) is 0 Å². The Morgan fingerprint density at radius 1 is 0.259 bits per heavy atom. The second-order valence-electron chi connectivity index (χ2n) is 22.1. The molecule has 0 aliphatic carbocycles. The van der Waals surface area contributed by atoms with Crippen molar-refractivity contribution in [2.75, 3.05) is 0 Å². The van der Waals surface area contributed by atoms with E-state index in [2.05, 4.69) is 226 Å². The van der Waals surface area contributed by atoms with Gasteiger partial charge in [0, 0.05) is 49.4 Å². The van der Waals surface area contributed by atoms with Gasteiger partial charge >= 0.3 is 0 Å². The number of aryl methyl sites for hydroxylation is 2. The van der Waals surface area contributed by atoms with Crippen molar-refractivity contribution in [1.29, 1.82) is 0 Å². The van der Waals surface area contributed by atoms with E-state index < -0.39 is 0 Å². The number of oxazole rings is 1. The summed E-state index contributed by atoms with van der Waals surface area (Å²) in [6, 6.07) is 95.8. The zero-order chi connectivity index (χ0) is 56.5. The number of nitrogens with zero attached hydrogens (tertiary/aromatic N) is 5. The zero-order valence-corrected chi connectivity index (χ0v) is 46.6. The van der Waals surface area contributed by atoms with Crippen molar-refractivity contribution < 1.29 is 4.42 Å².